The SMILES string of the molecule is NC(=S)c1cccc(CNC(=O)c2cccc(Br)c2F)c1. The van der Waals surface area contributed by atoms with Crippen LogP contribution in [-0.4, -0.2) is 10.9 Å². The molecule has 0 saturated carbocycles. The molecule has 2 rings (SSSR count). The van der Waals surface area contributed by atoms with E-state index in [1.54, 1.807) is 24.3 Å². The van der Waals surface area contributed by atoms with Crippen LogP contribution in [0, 0.1) is 5.82 Å². The van der Waals surface area contributed by atoms with Gasteiger partial charge in [0, 0.05) is 12.1 Å². The van der Waals surface area contributed by atoms with Gasteiger partial charge in [0.05, 0.1) is 10.0 Å². The lowest BCUT2D eigenvalue weighted by molar-refractivity contribution is 0.0946. The predicted molar refractivity (Wildman–Crippen MR) is 87.6 cm³/mol. The summed E-state index contributed by atoms with van der Waals surface area (Å²) in [6.45, 7) is 0.265. The zero-order valence-electron chi connectivity index (χ0n) is 10.9. The summed E-state index contributed by atoms with van der Waals surface area (Å²) in [5, 5.41) is 2.67. The van der Waals surface area contributed by atoms with Crippen LogP contribution >= 0.6 is 28.1 Å². The van der Waals surface area contributed by atoms with E-state index in [1.165, 1.54) is 12.1 Å². The van der Waals surface area contributed by atoms with Gasteiger partial charge >= 0.3 is 0 Å². The number of carbonyl (C=O) groups is 1. The van der Waals surface area contributed by atoms with E-state index < -0.39 is 11.7 Å². The molecule has 3 nitrogen and oxygen atoms in total. The number of rotatable bonds is 4. The van der Waals surface area contributed by atoms with Gasteiger partial charge in [-0.05, 0) is 39.7 Å². The number of hydrogen-bond acceptors (Lipinski definition) is 2. The maximum absolute atomic E-state index is 13.8. The van der Waals surface area contributed by atoms with Crippen molar-refractivity contribution in [3.63, 3.8) is 0 Å². The second-order valence-corrected chi connectivity index (χ2v) is 5.64. The molecule has 0 radical (unpaired) electrons. The Hall–Kier alpha value is -1.79. The Balaban J connectivity index is 2.09. The van der Waals surface area contributed by atoms with E-state index in [0.717, 1.165) is 11.1 Å². The molecule has 21 heavy (non-hydrogen) atoms. The van der Waals surface area contributed by atoms with Crippen molar-refractivity contribution >= 4 is 39.0 Å². The number of benzene rings is 2. The van der Waals surface area contributed by atoms with Gasteiger partial charge in [0.25, 0.3) is 5.91 Å². The van der Waals surface area contributed by atoms with Crippen LogP contribution in [0.2, 0.25) is 0 Å². The maximum atomic E-state index is 13.8. The minimum absolute atomic E-state index is 0.00475. The summed E-state index contributed by atoms with van der Waals surface area (Å²) in [5.41, 5.74) is 7.12. The molecule has 108 valence electrons. The Morgan fingerprint density at radius 1 is 1.29 bits per heavy atom. The molecule has 3 N–H and O–H groups in total. The molecule has 0 atom stereocenters. The zero-order valence-corrected chi connectivity index (χ0v) is 13.3. The lowest BCUT2D eigenvalue weighted by Crippen LogP contribution is -2.24. The van der Waals surface area contributed by atoms with E-state index in [4.69, 9.17) is 18.0 Å². The zero-order chi connectivity index (χ0) is 15.4. The van der Waals surface area contributed by atoms with Crippen molar-refractivity contribution in [2.24, 2.45) is 5.73 Å². The average molecular weight is 367 g/mol. The highest BCUT2D eigenvalue weighted by Crippen LogP contribution is 2.18. The number of halogens is 2. The van der Waals surface area contributed by atoms with Crippen molar-refractivity contribution in [1.82, 2.24) is 5.32 Å². The molecule has 0 saturated heterocycles. The van der Waals surface area contributed by atoms with Gasteiger partial charge in [-0.1, -0.05) is 36.5 Å². The van der Waals surface area contributed by atoms with E-state index in [1.807, 2.05) is 6.07 Å². The van der Waals surface area contributed by atoms with Crippen LogP contribution in [0.1, 0.15) is 21.5 Å². The maximum Gasteiger partial charge on any atom is 0.254 e. The van der Waals surface area contributed by atoms with Gasteiger partial charge in [0.15, 0.2) is 0 Å². The number of thiocarbonyl (C=S) groups is 1. The third-order valence-electron chi connectivity index (χ3n) is 2.86. The second kappa shape index (κ2) is 6.78. The Morgan fingerprint density at radius 3 is 2.71 bits per heavy atom. The number of amides is 1. The molecule has 6 heteroatoms. The standard InChI is InChI=1S/C15H12BrFN2OS/c16-12-6-2-5-11(13(12)17)15(20)19-8-9-3-1-4-10(7-9)14(18)21/h1-7H,8H2,(H2,18,21)(H,19,20). The van der Waals surface area contributed by atoms with Crippen molar-refractivity contribution in [2.45, 2.75) is 6.54 Å². The molecule has 0 aromatic heterocycles. The number of hydrogen-bond donors (Lipinski definition) is 2. The molecule has 0 aliphatic rings. The second-order valence-electron chi connectivity index (χ2n) is 4.35. The van der Waals surface area contributed by atoms with Gasteiger partial charge < -0.3 is 11.1 Å². The quantitative estimate of drug-likeness (QED) is 0.817. The fourth-order valence-corrected chi connectivity index (χ4v) is 2.28. The summed E-state index contributed by atoms with van der Waals surface area (Å²) in [4.78, 5) is 12.3. The van der Waals surface area contributed by atoms with Crippen LogP contribution in [-0.2, 0) is 6.54 Å². The van der Waals surface area contributed by atoms with Gasteiger partial charge in [0.2, 0.25) is 0 Å². The van der Waals surface area contributed by atoms with Crippen LogP contribution in [0.3, 0.4) is 0 Å². The summed E-state index contributed by atoms with van der Waals surface area (Å²) in [6.07, 6.45) is 0. The Labute approximate surface area is 135 Å². The first-order valence-corrected chi connectivity index (χ1v) is 7.30. The van der Waals surface area contributed by atoms with E-state index in [-0.39, 0.29) is 16.6 Å². The molecule has 0 heterocycles. The molecule has 0 aliphatic heterocycles. The highest BCUT2D eigenvalue weighted by atomic mass is 79.9. The van der Waals surface area contributed by atoms with Crippen molar-refractivity contribution in [3.8, 4) is 0 Å². The minimum atomic E-state index is -0.577. The minimum Gasteiger partial charge on any atom is -0.389 e. The molecule has 0 spiro atoms. The highest BCUT2D eigenvalue weighted by molar-refractivity contribution is 9.10. The first-order chi connectivity index (χ1) is 9.99. The fourth-order valence-electron chi connectivity index (χ4n) is 1.79. The highest BCUT2D eigenvalue weighted by Gasteiger charge is 2.13. The van der Waals surface area contributed by atoms with Gasteiger partial charge in [-0.25, -0.2) is 4.39 Å². The van der Waals surface area contributed by atoms with Crippen molar-refractivity contribution in [3.05, 3.63) is 69.4 Å². The monoisotopic (exact) mass is 366 g/mol. The van der Waals surface area contributed by atoms with E-state index in [9.17, 15) is 9.18 Å². The van der Waals surface area contributed by atoms with Crippen LogP contribution in [0.25, 0.3) is 0 Å². The molecular formula is C15H12BrFN2OS. The molecule has 0 fully saturated rings. The summed E-state index contributed by atoms with van der Waals surface area (Å²) < 4.78 is 14.1. The van der Waals surface area contributed by atoms with E-state index >= 15 is 0 Å². The molecule has 2 aromatic rings. The van der Waals surface area contributed by atoms with Crippen molar-refractivity contribution in [1.29, 1.82) is 0 Å². The van der Waals surface area contributed by atoms with E-state index in [0.29, 0.717) is 4.99 Å². The van der Waals surface area contributed by atoms with E-state index in [2.05, 4.69) is 21.2 Å². The largest absolute Gasteiger partial charge is 0.389 e. The summed E-state index contributed by atoms with van der Waals surface area (Å²) >= 11 is 7.95. The van der Waals surface area contributed by atoms with Gasteiger partial charge in [-0.15, -0.1) is 0 Å². The lowest BCUT2D eigenvalue weighted by Gasteiger charge is -2.08. The van der Waals surface area contributed by atoms with Crippen LogP contribution < -0.4 is 11.1 Å². The molecule has 0 aliphatic carbocycles. The van der Waals surface area contributed by atoms with Crippen molar-refractivity contribution < 1.29 is 9.18 Å². The van der Waals surface area contributed by atoms with Gasteiger partial charge in [-0.3, -0.25) is 4.79 Å². The molecule has 2 aromatic carbocycles. The predicted octanol–water partition coefficient (Wildman–Crippen LogP) is 3.15. The third kappa shape index (κ3) is 3.86. The van der Waals surface area contributed by atoms with Gasteiger partial charge in [-0.2, -0.15) is 0 Å². The summed E-state index contributed by atoms with van der Waals surface area (Å²) in [7, 11) is 0. The first kappa shape index (κ1) is 15.6. The average Bonchev–Trinajstić information content (AvgIpc) is 2.48. The molecular weight excluding hydrogens is 355 g/mol. The van der Waals surface area contributed by atoms with Crippen LogP contribution in [0.4, 0.5) is 4.39 Å². The number of nitrogens with one attached hydrogen (secondary N) is 1. The third-order valence-corrected chi connectivity index (χ3v) is 3.71. The van der Waals surface area contributed by atoms with Gasteiger partial charge in [0.1, 0.15) is 10.8 Å². The smallest absolute Gasteiger partial charge is 0.254 e. The van der Waals surface area contributed by atoms with Crippen molar-refractivity contribution in [2.75, 3.05) is 0 Å². The Kier molecular flexibility index (Phi) is 5.03. The molecule has 0 unspecified atom stereocenters. The Morgan fingerprint density at radius 2 is 2.00 bits per heavy atom. The number of carbonyl (C=O) groups excluding carboxylic acids is 1. The normalized spacial score (nSPS) is 10.2. The summed E-state index contributed by atoms with van der Waals surface area (Å²) in [6, 6.07) is 11.8. The summed E-state index contributed by atoms with van der Waals surface area (Å²) in [5.74, 6) is -1.05. The Bertz CT molecular complexity index is 706. The number of nitrogens with two attached hydrogens (primary N) is 1. The topological polar surface area (TPSA) is 55.1 Å². The fraction of sp³-hybridized carbons (Fsp3) is 0.0667. The lowest BCUT2D eigenvalue weighted by atomic mass is 10.1. The van der Waals surface area contributed by atoms with Crippen LogP contribution in [0.5, 0.6) is 0 Å². The van der Waals surface area contributed by atoms with Crippen LogP contribution in [0.15, 0.2) is 46.9 Å². The molecule has 1 amide bonds. The molecule has 0 bridgehead atoms. The first-order valence-electron chi connectivity index (χ1n) is 6.10.